The van der Waals surface area contributed by atoms with Crippen LogP contribution in [0, 0.1) is 0 Å². The van der Waals surface area contributed by atoms with Crippen molar-refractivity contribution in [3.05, 3.63) is 94.5 Å². The predicted octanol–water partition coefficient (Wildman–Crippen LogP) is 5.94. The Kier molecular flexibility index (Phi) is 5.88. The van der Waals surface area contributed by atoms with Crippen molar-refractivity contribution in [2.45, 2.75) is 0 Å². The summed E-state index contributed by atoms with van der Waals surface area (Å²) in [5.74, 6) is 1.01. The van der Waals surface area contributed by atoms with E-state index in [0.717, 1.165) is 26.9 Å². The van der Waals surface area contributed by atoms with Gasteiger partial charge in [-0.3, -0.25) is 4.79 Å². The molecule has 5 aromatic rings. The van der Waals surface area contributed by atoms with Gasteiger partial charge in [-0.05, 0) is 36.4 Å². The molecule has 1 aliphatic rings. The van der Waals surface area contributed by atoms with E-state index in [4.69, 9.17) is 26.2 Å². The monoisotopic (exact) mass is 514 g/mol. The van der Waals surface area contributed by atoms with E-state index in [1.165, 1.54) is 11.3 Å². The van der Waals surface area contributed by atoms with Crippen molar-refractivity contribution in [1.29, 1.82) is 0 Å². The first-order chi connectivity index (χ1) is 17.7. The molecule has 178 valence electrons. The lowest BCUT2D eigenvalue weighted by atomic mass is 10.1. The van der Waals surface area contributed by atoms with Crippen LogP contribution in [0.15, 0.2) is 84.1 Å². The molecule has 0 bridgehead atoms. The van der Waals surface area contributed by atoms with Crippen molar-refractivity contribution in [3.8, 4) is 28.4 Å². The number of carbonyl (C=O) groups excluding carboxylic acids is 1. The third-order valence-electron chi connectivity index (χ3n) is 5.69. The fourth-order valence-corrected chi connectivity index (χ4v) is 5.39. The second kappa shape index (κ2) is 9.49. The number of rotatable bonds is 5. The summed E-state index contributed by atoms with van der Waals surface area (Å²) in [6, 6.07) is 23.1. The van der Waals surface area contributed by atoms with Gasteiger partial charge in [0.25, 0.3) is 5.91 Å². The Bertz CT molecular complexity index is 1610. The molecule has 1 N–H and O–H groups in total. The number of para-hydroxylation sites is 1. The van der Waals surface area contributed by atoms with Crippen LogP contribution in [0.25, 0.3) is 27.0 Å². The lowest BCUT2D eigenvalue weighted by Gasteiger charge is -2.18. The minimum atomic E-state index is -0.367. The molecule has 3 aromatic carbocycles. The van der Waals surface area contributed by atoms with Gasteiger partial charge in [-0.25, -0.2) is 10.1 Å². The molecule has 1 aliphatic heterocycles. The van der Waals surface area contributed by atoms with Crippen molar-refractivity contribution in [2.24, 2.45) is 5.10 Å². The van der Waals surface area contributed by atoms with Gasteiger partial charge in [0.1, 0.15) is 23.8 Å². The third kappa shape index (κ3) is 4.21. The molecule has 0 aliphatic carbocycles. The molecule has 0 saturated heterocycles. The number of nitrogens with zero attached hydrogens (tertiary/aromatic N) is 3. The average molecular weight is 515 g/mol. The highest BCUT2D eigenvalue weighted by Gasteiger charge is 2.18. The number of amides is 1. The van der Waals surface area contributed by atoms with Crippen LogP contribution in [-0.2, 0) is 0 Å². The zero-order chi connectivity index (χ0) is 24.5. The molecule has 6 rings (SSSR count). The number of fused-ring (bicyclic) bond motifs is 2. The van der Waals surface area contributed by atoms with E-state index in [9.17, 15) is 4.79 Å². The van der Waals surface area contributed by atoms with Gasteiger partial charge in [-0.15, -0.1) is 11.3 Å². The Balaban J connectivity index is 1.32. The Morgan fingerprint density at radius 2 is 1.81 bits per heavy atom. The number of halogens is 1. The molecular formula is C27H19ClN4O3S. The molecule has 0 spiro atoms. The van der Waals surface area contributed by atoms with Gasteiger partial charge in [0.15, 0.2) is 11.5 Å². The molecule has 36 heavy (non-hydrogen) atoms. The number of aromatic nitrogens is 2. The maximum absolute atomic E-state index is 12.8. The minimum absolute atomic E-state index is 0.367. The zero-order valence-corrected chi connectivity index (χ0v) is 20.4. The molecule has 2 aromatic heterocycles. The van der Waals surface area contributed by atoms with Crippen molar-refractivity contribution in [2.75, 3.05) is 13.2 Å². The van der Waals surface area contributed by atoms with Crippen LogP contribution in [0.3, 0.4) is 0 Å². The van der Waals surface area contributed by atoms with Crippen molar-refractivity contribution in [3.63, 3.8) is 0 Å². The molecule has 7 nitrogen and oxygen atoms in total. The Labute approximate surface area is 215 Å². The number of carbonyl (C=O) groups is 1. The number of hydrogen-bond donors (Lipinski definition) is 1. The maximum atomic E-state index is 12.8. The molecule has 9 heteroatoms. The lowest BCUT2D eigenvalue weighted by Crippen LogP contribution is -2.16. The molecule has 0 atom stereocenters. The molecule has 0 radical (unpaired) electrons. The summed E-state index contributed by atoms with van der Waals surface area (Å²) in [4.78, 5) is 13.2. The molecular weight excluding hydrogens is 496 g/mol. The van der Waals surface area contributed by atoms with Crippen LogP contribution in [0.2, 0.25) is 5.02 Å². The van der Waals surface area contributed by atoms with Gasteiger partial charge in [0.2, 0.25) is 0 Å². The summed E-state index contributed by atoms with van der Waals surface area (Å²) in [6.45, 7) is 1.02. The highest BCUT2D eigenvalue weighted by molar-refractivity contribution is 7.21. The second-order valence-corrected chi connectivity index (χ2v) is 9.44. The Morgan fingerprint density at radius 3 is 2.64 bits per heavy atom. The third-order valence-corrected chi connectivity index (χ3v) is 7.36. The predicted molar refractivity (Wildman–Crippen MR) is 142 cm³/mol. The Morgan fingerprint density at radius 1 is 1.03 bits per heavy atom. The molecule has 0 fully saturated rings. The number of thiophene rings is 1. The summed E-state index contributed by atoms with van der Waals surface area (Å²) >= 11 is 7.78. The normalized spacial score (nSPS) is 12.8. The second-order valence-electron chi connectivity index (χ2n) is 8.01. The van der Waals surface area contributed by atoms with Crippen LogP contribution in [0.5, 0.6) is 11.5 Å². The van der Waals surface area contributed by atoms with Gasteiger partial charge >= 0.3 is 0 Å². The van der Waals surface area contributed by atoms with Crippen LogP contribution < -0.4 is 14.9 Å². The van der Waals surface area contributed by atoms with Crippen LogP contribution in [0.4, 0.5) is 0 Å². The van der Waals surface area contributed by atoms with Crippen LogP contribution in [-0.4, -0.2) is 35.1 Å². The molecule has 0 saturated carbocycles. The van der Waals surface area contributed by atoms with Crippen LogP contribution >= 0.6 is 22.9 Å². The maximum Gasteiger partial charge on any atom is 0.283 e. The largest absolute Gasteiger partial charge is 0.486 e. The number of hydrogen-bond acceptors (Lipinski definition) is 6. The Hall–Kier alpha value is -4.14. The van der Waals surface area contributed by atoms with Crippen molar-refractivity contribution < 1.29 is 14.3 Å². The summed E-state index contributed by atoms with van der Waals surface area (Å²) in [5, 5.41) is 10.3. The van der Waals surface area contributed by atoms with Gasteiger partial charge in [0, 0.05) is 27.4 Å². The smallest absolute Gasteiger partial charge is 0.283 e. The van der Waals surface area contributed by atoms with Crippen molar-refractivity contribution >= 4 is 45.1 Å². The summed E-state index contributed by atoms with van der Waals surface area (Å²) in [7, 11) is 0. The van der Waals surface area contributed by atoms with E-state index >= 15 is 0 Å². The first-order valence-corrected chi connectivity index (χ1v) is 12.4. The number of nitrogens with one attached hydrogen (secondary N) is 1. The van der Waals surface area contributed by atoms with E-state index in [-0.39, 0.29) is 5.91 Å². The van der Waals surface area contributed by atoms with Crippen molar-refractivity contribution in [1.82, 2.24) is 15.2 Å². The van der Waals surface area contributed by atoms with E-state index < -0.39 is 0 Å². The standard InChI is InChI=1S/C27H19ClN4O3S/c28-24-20-8-4-5-9-23(20)36-26(24)27(33)30-29-15-18-16-32(19-6-2-1-3-7-19)31-25(18)17-10-11-21-22(14-17)35-13-12-34-21/h1-11,14-16H,12-13H2,(H,30,33). The van der Waals surface area contributed by atoms with Gasteiger partial charge in [-0.1, -0.05) is 48.0 Å². The molecule has 1 amide bonds. The summed E-state index contributed by atoms with van der Waals surface area (Å²) in [6.07, 6.45) is 3.45. The van der Waals surface area contributed by atoms with Gasteiger partial charge < -0.3 is 9.47 Å². The number of hydrazone groups is 1. The van der Waals surface area contributed by atoms with E-state index in [2.05, 4.69) is 10.5 Å². The topological polar surface area (TPSA) is 77.7 Å². The summed E-state index contributed by atoms with van der Waals surface area (Å²) in [5.41, 5.74) is 5.75. The minimum Gasteiger partial charge on any atom is -0.486 e. The van der Waals surface area contributed by atoms with E-state index in [0.29, 0.717) is 40.3 Å². The van der Waals surface area contributed by atoms with Crippen LogP contribution in [0.1, 0.15) is 15.2 Å². The number of benzene rings is 3. The van der Waals surface area contributed by atoms with Gasteiger partial charge in [-0.2, -0.15) is 10.2 Å². The zero-order valence-electron chi connectivity index (χ0n) is 18.8. The fourth-order valence-electron chi connectivity index (χ4n) is 3.98. The first-order valence-electron chi connectivity index (χ1n) is 11.2. The quantitative estimate of drug-likeness (QED) is 0.232. The first kappa shape index (κ1) is 22.3. The molecule has 0 unspecified atom stereocenters. The highest BCUT2D eigenvalue weighted by Crippen LogP contribution is 2.36. The SMILES string of the molecule is O=C(NN=Cc1cn(-c2ccccc2)nc1-c1ccc2c(c1)OCCO2)c1sc2ccccc2c1Cl. The lowest BCUT2D eigenvalue weighted by molar-refractivity contribution is 0.0959. The highest BCUT2D eigenvalue weighted by atomic mass is 35.5. The van der Waals surface area contributed by atoms with E-state index in [1.807, 2.05) is 79.0 Å². The number of ether oxygens (including phenoxy) is 2. The van der Waals surface area contributed by atoms with Gasteiger partial charge in [0.05, 0.1) is 16.9 Å². The summed E-state index contributed by atoms with van der Waals surface area (Å²) < 4.78 is 14.1. The average Bonchev–Trinajstić information content (AvgIpc) is 3.50. The molecule has 3 heterocycles. The van der Waals surface area contributed by atoms with E-state index in [1.54, 1.807) is 10.9 Å². The fraction of sp³-hybridized carbons (Fsp3) is 0.0741.